The molecule has 12 nitrogen and oxygen atoms in total. The summed E-state index contributed by atoms with van der Waals surface area (Å²) in [6.45, 7) is 5.89. The number of anilines is 2. The Morgan fingerprint density at radius 3 is 2.44 bits per heavy atom. The van der Waals surface area contributed by atoms with E-state index in [0.717, 1.165) is 61.2 Å². The van der Waals surface area contributed by atoms with Crippen LogP contribution in [0.3, 0.4) is 0 Å². The number of rotatable bonds is 14. The zero-order valence-electron chi connectivity index (χ0n) is 31.2. The summed E-state index contributed by atoms with van der Waals surface area (Å²) in [4.78, 5) is 56.1. The van der Waals surface area contributed by atoms with E-state index < -0.39 is 0 Å². The van der Waals surface area contributed by atoms with Gasteiger partial charge in [-0.2, -0.15) is 0 Å². The summed E-state index contributed by atoms with van der Waals surface area (Å²) in [5.74, 6) is 3.36. The minimum atomic E-state index is -0.367. The Hall–Kier alpha value is -5.10. The third-order valence-electron chi connectivity index (χ3n) is 9.40. The molecule has 2 amide bonds. The summed E-state index contributed by atoms with van der Waals surface area (Å²) in [7, 11) is 5.26. The van der Waals surface area contributed by atoms with Crippen LogP contribution in [0.4, 0.5) is 11.4 Å². The van der Waals surface area contributed by atoms with Crippen molar-refractivity contribution in [2.45, 2.75) is 26.2 Å². The van der Waals surface area contributed by atoms with E-state index in [2.05, 4.69) is 38.1 Å². The number of nitrogens with one attached hydrogen (secondary N) is 2. The number of unbranched alkanes of at least 4 members (excludes halogenated alkanes) is 1. The number of carbonyl (C=O) groups excluding carboxylic acids is 3. The Bertz CT molecular complexity index is 2120. The van der Waals surface area contributed by atoms with Crippen LogP contribution in [0.5, 0.6) is 11.5 Å². The second-order valence-electron chi connectivity index (χ2n) is 12.8. The second-order valence-corrected chi connectivity index (χ2v) is 12.8. The van der Waals surface area contributed by atoms with E-state index in [9.17, 15) is 14.4 Å². The average molecular weight is 811 g/mol. The van der Waals surface area contributed by atoms with Crippen molar-refractivity contribution in [2.24, 2.45) is 0 Å². The number of aromatic amines is 1. The number of nitrogens with zero attached hydrogens (tertiary/aromatic N) is 5. The van der Waals surface area contributed by atoms with Gasteiger partial charge in [0.1, 0.15) is 17.5 Å². The van der Waals surface area contributed by atoms with Crippen molar-refractivity contribution in [3.8, 4) is 34.0 Å². The molecule has 1 saturated heterocycles. The summed E-state index contributed by atoms with van der Waals surface area (Å²) in [6.07, 6.45) is 6.09. The largest absolute Gasteiger partial charge is 0.494 e. The number of hydrogen-bond donors (Lipinski definition) is 2. The molecule has 2 aromatic heterocycles. The molecule has 5 aromatic rings. The van der Waals surface area contributed by atoms with Gasteiger partial charge in [0.15, 0.2) is 5.75 Å². The number of aryl methyl sites for hydroxylation is 1. The Balaban J connectivity index is 0.00000271. The van der Waals surface area contributed by atoms with Crippen molar-refractivity contribution in [2.75, 3.05) is 64.2 Å². The molecule has 0 aliphatic carbocycles. The number of aromatic nitrogens is 3. The number of carbonyl (C=O) groups is 2. The highest BCUT2D eigenvalue weighted by Gasteiger charge is 2.26. The molecule has 0 saturated carbocycles. The number of piperazine rings is 1. The van der Waals surface area contributed by atoms with Gasteiger partial charge in [-0.3, -0.25) is 14.6 Å². The van der Waals surface area contributed by atoms with Gasteiger partial charge in [0, 0.05) is 62.3 Å². The predicted octanol–water partition coefficient (Wildman–Crippen LogP) is 7.23. The van der Waals surface area contributed by atoms with E-state index in [0.29, 0.717) is 59.2 Å². The molecule has 0 radical (unpaired) electrons. The monoisotopic (exact) mass is 809 g/mol. The number of ether oxygens (including phenoxy) is 2. The Morgan fingerprint density at radius 1 is 1.00 bits per heavy atom. The highest BCUT2D eigenvalue weighted by atomic mass is 35.5. The third-order valence-corrected chi connectivity index (χ3v) is 9.40. The molecular formula is C40H46Cl3N7O5. The summed E-state index contributed by atoms with van der Waals surface area (Å²) < 4.78 is 12.1. The van der Waals surface area contributed by atoms with E-state index in [1.165, 1.54) is 12.0 Å². The number of pyridine rings is 1. The highest BCUT2D eigenvalue weighted by molar-refractivity contribution is 6.13. The second kappa shape index (κ2) is 20.5. The molecule has 15 heteroatoms. The lowest BCUT2D eigenvalue weighted by Crippen LogP contribution is -2.44. The van der Waals surface area contributed by atoms with Crippen molar-refractivity contribution in [3.05, 3.63) is 89.9 Å². The van der Waals surface area contributed by atoms with E-state index in [-0.39, 0.29) is 54.4 Å². The lowest BCUT2D eigenvalue weighted by Gasteiger charge is -2.34. The van der Waals surface area contributed by atoms with Crippen LogP contribution >= 0.6 is 37.2 Å². The maximum Gasteiger partial charge on any atom is 0.260 e. The molecule has 292 valence electrons. The van der Waals surface area contributed by atoms with Crippen LogP contribution < -0.4 is 19.7 Å². The van der Waals surface area contributed by atoms with Crippen LogP contribution in [0.15, 0.2) is 78.8 Å². The van der Waals surface area contributed by atoms with Gasteiger partial charge in [-0.05, 0) is 81.3 Å². The van der Waals surface area contributed by atoms with Crippen LogP contribution in [0, 0.1) is 6.92 Å². The van der Waals surface area contributed by atoms with Gasteiger partial charge in [-0.25, -0.2) is 9.78 Å². The average Bonchev–Trinajstić information content (AvgIpc) is 3.62. The molecule has 3 heterocycles. The molecule has 55 heavy (non-hydrogen) atoms. The molecule has 1 fully saturated rings. The number of methoxy groups -OCH3 is 1. The summed E-state index contributed by atoms with van der Waals surface area (Å²) >= 11 is 0. The van der Waals surface area contributed by atoms with Gasteiger partial charge in [0.2, 0.25) is 6.41 Å². The SMILES string of the molecule is COc1c(-c2cccc3[nH]c(-c4ccncc4)nc23)ccc(C(=O)N(C)c2ccc(C)cc2OCCCCC(=C=O)N2CCN(C)CC2)c1NC=O.Cl.Cl.Cl. The fourth-order valence-corrected chi connectivity index (χ4v) is 6.51. The van der Waals surface area contributed by atoms with Crippen LogP contribution in [0.25, 0.3) is 33.5 Å². The highest BCUT2D eigenvalue weighted by Crippen LogP contribution is 2.42. The van der Waals surface area contributed by atoms with Gasteiger partial charge in [-0.15, -0.1) is 37.2 Å². The quantitative estimate of drug-likeness (QED) is 0.0678. The minimum Gasteiger partial charge on any atom is -0.494 e. The lowest BCUT2D eigenvalue weighted by molar-refractivity contribution is -0.105. The predicted molar refractivity (Wildman–Crippen MR) is 224 cm³/mol. The minimum absolute atomic E-state index is 0. The number of fused-ring (bicyclic) bond motifs is 1. The first kappa shape index (κ1) is 44.3. The zero-order valence-corrected chi connectivity index (χ0v) is 33.6. The first-order chi connectivity index (χ1) is 25.3. The van der Waals surface area contributed by atoms with Crippen LogP contribution in [-0.4, -0.2) is 97.0 Å². The van der Waals surface area contributed by atoms with Gasteiger partial charge >= 0.3 is 0 Å². The van der Waals surface area contributed by atoms with Crippen molar-refractivity contribution >= 4 is 77.9 Å². The third kappa shape index (κ3) is 9.96. The Morgan fingerprint density at radius 2 is 1.75 bits per heavy atom. The van der Waals surface area contributed by atoms with Crippen molar-refractivity contribution < 1.29 is 23.9 Å². The summed E-state index contributed by atoms with van der Waals surface area (Å²) in [5.41, 5.74) is 6.59. The molecule has 0 unspecified atom stereocenters. The van der Waals surface area contributed by atoms with E-state index in [4.69, 9.17) is 14.5 Å². The number of allylic oxidation sites excluding steroid dienone is 1. The lowest BCUT2D eigenvalue weighted by atomic mass is 9.98. The fraction of sp³-hybridized carbons (Fsp3) is 0.300. The first-order valence-corrected chi connectivity index (χ1v) is 17.3. The summed E-state index contributed by atoms with van der Waals surface area (Å²) in [5, 5.41) is 2.73. The smallest absolute Gasteiger partial charge is 0.260 e. The normalized spacial score (nSPS) is 12.3. The molecule has 0 bridgehead atoms. The maximum absolute atomic E-state index is 14.2. The van der Waals surface area contributed by atoms with Crippen molar-refractivity contribution in [3.63, 3.8) is 0 Å². The topological polar surface area (TPSA) is 133 Å². The molecule has 0 atom stereocenters. The van der Waals surface area contributed by atoms with Crippen molar-refractivity contribution in [1.29, 1.82) is 0 Å². The van der Waals surface area contributed by atoms with Gasteiger partial charge in [0.05, 0.1) is 47.4 Å². The number of H-pyrrole nitrogens is 1. The molecule has 1 aliphatic heterocycles. The molecule has 6 rings (SSSR count). The molecule has 0 spiro atoms. The van der Waals surface area contributed by atoms with Gasteiger partial charge < -0.3 is 34.5 Å². The molecular weight excluding hydrogens is 765 g/mol. The number of amides is 2. The Kier molecular flexibility index (Phi) is 16.5. The fourth-order valence-electron chi connectivity index (χ4n) is 6.51. The number of hydrogen-bond acceptors (Lipinski definition) is 9. The van der Waals surface area contributed by atoms with Crippen LogP contribution in [0.1, 0.15) is 35.2 Å². The van der Waals surface area contributed by atoms with Gasteiger partial charge in [-0.1, -0.05) is 18.2 Å². The number of benzene rings is 3. The standard InChI is InChI=1S/C40H43N7O5.3ClH/c1-27-11-14-34(35(24-27)52-23-6-5-8-29(25-48)47-21-19-45(2)20-22-47)46(3)40(50)32-13-12-31(38(51-4)37(32)42-26-49)30-9-7-10-33-36(30)44-39(43-33)28-15-17-41-18-16-28;;;/h7,9-18,24,26H,5-6,8,19-23H2,1-4H3,(H,42,49)(H,43,44);3*1H. The first-order valence-electron chi connectivity index (χ1n) is 17.3. The number of halogens is 3. The number of imidazole rings is 1. The Labute approximate surface area is 339 Å². The van der Waals surface area contributed by atoms with Crippen molar-refractivity contribution in [1.82, 2.24) is 24.8 Å². The van der Waals surface area contributed by atoms with Crippen LogP contribution in [-0.2, 0) is 9.59 Å². The number of likely N-dealkylation sites (N-methyl/N-ethyl adjacent to an activating group) is 1. The zero-order chi connectivity index (χ0) is 36.6. The van der Waals surface area contributed by atoms with E-state index >= 15 is 0 Å². The molecule has 3 aromatic carbocycles. The summed E-state index contributed by atoms with van der Waals surface area (Å²) in [6, 6.07) is 18.7. The molecule has 1 aliphatic rings. The van der Waals surface area contributed by atoms with E-state index in [1.807, 2.05) is 61.5 Å². The van der Waals surface area contributed by atoms with Gasteiger partial charge in [0.25, 0.3) is 5.91 Å². The van der Waals surface area contributed by atoms with Crippen LogP contribution in [0.2, 0.25) is 0 Å². The number of para-hydroxylation sites is 1. The maximum atomic E-state index is 14.2. The van der Waals surface area contributed by atoms with E-state index in [1.54, 1.807) is 25.5 Å². The molecule has 2 N–H and O–H groups in total.